The van der Waals surface area contributed by atoms with Crippen LogP contribution in [0.25, 0.3) is 0 Å². The van der Waals surface area contributed by atoms with Gasteiger partial charge in [-0.25, -0.2) is 4.98 Å². The molecule has 1 aromatic rings. The first-order valence-corrected chi connectivity index (χ1v) is 6.79. The summed E-state index contributed by atoms with van der Waals surface area (Å²) in [6.45, 7) is 2.01. The minimum absolute atomic E-state index is 0.0798. The third-order valence-electron chi connectivity index (χ3n) is 3.57. The van der Waals surface area contributed by atoms with E-state index in [9.17, 15) is 4.79 Å². The molecular formula is C13H22N4O. The molecule has 1 fully saturated rings. The molecule has 1 aliphatic rings. The molecule has 1 heterocycles. The summed E-state index contributed by atoms with van der Waals surface area (Å²) in [5.41, 5.74) is 5.93. The van der Waals surface area contributed by atoms with Crippen LogP contribution in [0, 0.1) is 5.92 Å². The summed E-state index contributed by atoms with van der Waals surface area (Å²) in [7, 11) is 0. The Hall–Kier alpha value is -1.36. The predicted molar refractivity (Wildman–Crippen MR) is 70.2 cm³/mol. The zero-order valence-electron chi connectivity index (χ0n) is 10.8. The standard InChI is InChI=1S/C13H22N4O/c14-6-8-17-9-12(16-10-17)13(18)15-7-5-11-3-1-2-4-11/h9-11H,1-8,14H2,(H,15,18). The Labute approximate surface area is 108 Å². The Morgan fingerprint density at radius 1 is 1.50 bits per heavy atom. The topological polar surface area (TPSA) is 72.9 Å². The van der Waals surface area contributed by atoms with Crippen LogP contribution in [0.1, 0.15) is 42.6 Å². The van der Waals surface area contributed by atoms with Crippen LogP contribution in [0.4, 0.5) is 0 Å². The van der Waals surface area contributed by atoms with Crippen molar-refractivity contribution in [3.63, 3.8) is 0 Å². The third kappa shape index (κ3) is 3.57. The smallest absolute Gasteiger partial charge is 0.271 e. The molecule has 18 heavy (non-hydrogen) atoms. The van der Waals surface area contributed by atoms with Gasteiger partial charge in [-0.05, 0) is 12.3 Å². The van der Waals surface area contributed by atoms with Crippen LogP contribution in [0.5, 0.6) is 0 Å². The highest BCUT2D eigenvalue weighted by Gasteiger charge is 2.15. The van der Waals surface area contributed by atoms with Crippen LogP contribution in [0.2, 0.25) is 0 Å². The summed E-state index contributed by atoms with van der Waals surface area (Å²) in [6.07, 6.45) is 9.83. The van der Waals surface area contributed by atoms with Crippen LogP contribution < -0.4 is 11.1 Å². The molecule has 0 atom stereocenters. The van der Waals surface area contributed by atoms with Crippen molar-refractivity contribution in [1.29, 1.82) is 0 Å². The Kier molecular flexibility index (Phi) is 4.75. The predicted octanol–water partition coefficient (Wildman–Crippen LogP) is 1.15. The average Bonchev–Trinajstić information content (AvgIpc) is 3.00. The number of imidazole rings is 1. The van der Waals surface area contributed by atoms with Gasteiger partial charge in [0.1, 0.15) is 5.69 Å². The van der Waals surface area contributed by atoms with E-state index in [4.69, 9.17) is 5.73 Å². The molecule has 0 saturated heterocycles. The zero-order valence-corrected chi connectivity index (χ0v) is 10.8. The van der Waals surface area contributed by atoms with Crippen molar-refractivity contribution < 1.29 is 4.79 Å². The molecule has 0 aliphatic heterocycles. The van der Waals surface area contributed by atoms with E-state index in [1.807, 2.05) is 4.57 Å². The maximum Gasteiger partial charge on any atom is 0.271 e. The Bertz CT molecular complexity index is 382. The van der Waals surface area contributed by atoms with E-state index in [2.05, 4.69) is 10.3 Å². The highest BCUT2D eigenvalue weighted by Crippen LogP contribution is 2.26. The van der Waals surface area contributed by atoms with Crippen LogP contribution in [-0.2, 0) is 6.54 Å². The van der Waals surface area contributed by atoms with Crippen molar-refractivity contribution >= 4 is 5.91 Å². The van der Waals surface area contributed by atoms with Crippen molar-refractivity contribution in [3.05, 3.63) is 18.2 Å². The molecule has 1 amide bonds. The van der Waals surface area contributed by atoms with E-state index in [0.717, 1.165) is 18.9 Å². The fourth-order valence-electron chi connectivity index (χ4n) is 2.53. The summed E-state index contributed by atoms with van der Waals surface area (Å²) < 4.78 is 1.84. The van der Waals surface area contributed by atoms with Crippen molar-refractivity contribution in [2.24, 2.45) is 11.7 Å². The molecule has 1 aromatic heterocycles. The van der Waals surface area contributed by atoms with Gasteiger partial charge in [-0.2, -0.15) is 0 Å². The summed E-state index contributed by atoms with van der Waals surface area (Å²) in [5.74, 6) is 0.726. The van der Waals surface area contributed by atoms with E-state index >= 15 is 0 Å². The van der Waals surface area contributed by atoms with Crippen molar-refractivity contribution in [1.82, 2.24) is 14.9 Å². The molecule has 5 nitrogen and oxygen atoms in total. The molecule has 2 rings (SSSR count). The van der Waals surface area contributed by atoms with Gasteiger partial charge in [-0.1, -0.05) is 25.7 Å². The molecule has 0 bridgehead atoms. The second kappa shape index (κ2) is 6.54. The van der Waals surface area contributed by atoms with Gasteiger partial charge in [0, 0.05) is 25.8 Å². The monoisotopic (exact) mass is 250 g/mol. The van der Waals surface area contributed by atoms with E-state index in [-0.39, 0.29) is 5.91 Å². The van der Waals surface area contributed by atoms with Gasteiger partial charge in [-0.3, -0.25) is 4.79 Å². The molecule has 1 aliphatic carbocycles. The first-order valence-electron chi connectivity index (χ1n) is 6.79. The van der Waals surface area contributed by atoms with Crippen LogP contribution in [0.3, 0.4) is 0 Å². The molecule has 3 N–H and O–H groups in total. The first kappa shape index (κ1) is 13.1. The fourth-order valence-corrected chi connectivity index (χ4v) is 2.53. The fraction of sp³-hybridized carbons (Fsp3) is 0.692. The maximum absolute atomic E-state index is 11.8. The molecule has 0 spiro atoms. The maximum atomic E-state index is 11.8. The van der Waals surface area contributed by atoms with Gasteiger partial charge >= 0.3 is 0 Å². The lowest BCUT2D eigenvalue weighted by molar-refractivity contribution is 0.0947. The number of carbonyl (C=O) groups excluding carboxylic acids is 1. The van der Waals surface area contributed by atoms with Gasteiger partial charge in [0.2, 0.25) is 0 Å². The third-order valence-corrected chi connectivity index (χ3v) is 3.57. The lowest BCUT2D eigenvalue weighted by Crippen LogP contribution is -2.26. The Morgan fingerprint density at radius 2 is 2.28 bits per heavy atom. The van der Waals surface area contributed by atoms with Crippen LogP contribution in [0.15, 0.2) is 12.5 Å². The first-order chi connectivity index (χ1) is 8.79. The molecule has 100 valence electrons. The lowest BCUT2D eigenvalue weighted by Gasteiger charge is -2.08. The highest BCUT2D eigenvalue weighted by atomic mass is 16.1. The minimum Gasteiger partial charge on any atom is -0.351 e. The molecule has 5 heteroatoms. The second-order valence-electron chi connectivity index (χ2n) is 4.98. The number of nitrogens with zero attached hydrogens (tertiary/aromatic N) is 2. The van der Waals surface area contributed by atoms with Crippen LogP contribution in [-0.4, -0.2) is 28.5 Å². The van der Waals surface area contributed by atoms with Gasteiger partial charge in [-0.15, -0.1) is 0 Å². The van der Waals surface area contributed by atoms with Crippen molar-refractivity contribution in [2.45, 2.75) is 38.6 Å². The molecular weight excluding hydrogens is 228 g/mol. The Balaban J connectivity index is 1.72. The largest absolute Gasteiger partial charge is 0.351 e. The summed E-state index contributed by atoms with van der Waals surface area (Å²) in [4.78, 5) is 15.9. The van der Waals surface area contributed by atoms with E-state index < -0.39 is 0 Å². The van der Waals surface area contributed by atoms with Gasteiger partial charge < -0.3 is 15.6 Å². The van der Waals surface area contributed by atoms with Crippen LogP contribution >= 0.6 is 0 Å². The number of hydrogen-bond acceptors (Lipinski definition) is 3. The number of amides is 1. The normalized spacial score (nSPS) is 16.1. The second-order valence-corrected chi connectivity index (χ2v) is 4.98. The van der Waals surface area contributed by atoms with Gasteiger partial charge in [0.05, 0.1) is 6.33 Å². The molecule has 1 saturated carbocycles. The lowest BCUT2D eigenvalue weighted by atomic mass is 10.0. The van der Waals surface area contributed by atoms with E-state index in [0.29, 0.717) is 18.8 Å². The van der Waals surface area contributed by atoms with Gasteiger partial charge in [0.25, 0.3) is 5.91 Å². The number of carbonyl (C=O) groups is 1. The van der Waals surface area contributed by atoms with E-state index in [1.165, 1.54) is 25.7 Å². The Morgan fingerprint density at radius 3 is 3.00 bits per heavy atom. The number of hydrogen-bond donors (Lipinski definition) is 2. The molecule has 0 aromatic carbocycles. The van der Waals surface area contributed by atoms with E-state index in [1.54, 1.807) is 12.5 Å². The summed E-state index contributed by atoms with van der Waals surface area (Å²) in [6, 6.07) is 0. The summed E-state index contributed by atoms with van der Waals surface area (Å²) in [5, 5.41) is 2.94. The number of nitrogens with two attached hydrogens (primary N) is 1. The minimum atomic E-state index is -0.0798. The zero-order chi connectivity index (χ0) is 12.8. The van der Waals surface area contributed by atoms with Crippen molar-refractivity contribution in [3.8, 4) is 0 Å². The average molecular weight is 250 g/mol. The number of nitrogens with one attached hydrogen (secondary N) is 1. The number of aromatic nitrogens is 2. The van der Waals surface area contributed by atoms with Gasteiger partial charge in [0.15, 0.2) is 0 Å². The van der Waals surface area contributed by atoms with Crippen molar-refractivity contribution in [2.75, 3.05) is 13.1 Å². The number of rotatable bonds is 6. The molecule has 0 radical (unpaired) electrons. The molecule has 0 unspecified atom stereocenters. The summed E-state index contributed by atoms with van der Waals surface area (Å²) >= 11 is 0. The SMILES string of the molecule is NCCn1cnc(C(=O)NCCC2CCCC2)c1. The highest BCUT2D eigenvalue weighted by molar-refractivity contribution is 5.91. The quantitative estimate of drug-likeness (QED) is 0.795.